The molecule has 0 spiro atoms. The normalized spacial score (nSPS) is 29.5. The van der Waals surface area contributed by atoms with Gasteiger partial charge in [0.2, 0.25) is 0 Å². The van der Waals surface area contributed by atoms with E-state index in [0.717, 1.165) is 5.92 Å². The molecule has 0 saturated heterocycles. The maximum atomic E-state index is 8.57. The molecule has 1 aliphatic carbocycles. The highest BCUT2D eigenvalue weighted by atomic mass is 14.9. The molecule has 1 fully saturated rings. The average molecular weight is 194 g/mol. The summed E-state index contributed by atoms with van der Waals surface area (Å²) >= 11 is 0. The van der Waals surface area contributed by atoms with Gasteiger partial charge in [-0.05, 0) is 25.7 Å². The number of hydrogen-bond donors (Lipinski definition) is 1. The van der Waals surface area contributed by atoms with E-state index in [1.54, 1.807) is 0 Å². The van der Waals surface area contributed by atoms with Crippen LogP contribution in [-0.4, -0.2) is 12.1 Å². The molecule has 0 bridgehead atoms. The fraction of sp³-hybridized carbons (Fsp3) is 0.917. The van der Waals surface area contributed by atoms with Crippen molar-refractivity contribution in [3.05, 3.63) is 0 Å². The summed E-state index contributed by atoms with van der Waals surface area (Å²) in [4.78, 5) is 0. The number of nitrogens with one attached hydrogen (secondary N) is 1. The summed E-state index contributed by atoms with van der Waals surface area (Å²) in [7, 11) is 0. The first kappa shape index (κ1) is 11.5. The summed E-state index contributed by atoms with van der Waals surface area (Å²) in [6.07, 6.45) is 7.31. The van der Waals surface area contributed by atoms with E-state index in [0.29, 0.717) is 18.5 Å². The molecule has 1 N–H and O–H groups in total. The Morgan fingerprint density at radius 3 is 2.93 bits per heavy atom. The van der Waals surface area contributed by atoms with E-state index in [-0.39, 0.29) is 0 Å². The summed E-state index contributed by atoms with van der Waals surface area (Å²) < 4.78 is 0. The lowest BCUT2D eigenvalue weighted by Crippen LogP contribution is -2.39. The first-order chi connectivity index (χ1) is 6.76. The van der Waals surface area contributed by atoms with E-state index in [1.807, 2.05) is 0 Å². The van der Waals surface area contributed by atoms with Crippen molar-refractivity contribution >= 4 is 0 Å². The second-order valence-electron chi connectivity index (χ2n) is 4.57. The summed E-state index contributed by atoms with van der Waals surface area (Å²) in [5.41, 5.74) is 0. The molecule has 80 valence electrons. The lowest BCUT2D eigenvalue weighted by atomic mass is 9.84. The molecular formula is C12H22N2. The van der Waals surface area contributed by atoms with Crippen molar-refractivity contribution in [3.8, 4) is 6.07 Å². The fourth-order valence-corrected chi connectivity index (χ4v) is 2.41. The van der Waals surface area contributed by atoms with E-state index in [1.165, 1.54) is 32.1 Å². The van der Waals surface area contributed by atoms with Crippen LogP contribution in [0.25, 0.3) is 0 Å². The minimum Gasteiger partial charge on any atom is -0.310 e. The highest BCUT2D eigenvalue weighted by molar-refractivity contribution is 4.83. The number of nitriles is 1. The van der Waals surface area contributed by atoms with Crippen LogP contribution in [0.1, 0.15) is 52.4 Å². The molecule has 0 aliphatic heterocycles. The van der Waals surface area contributed by atoms with Crippen molar-refractivity contribution < 1.29 is 0 Å². The van der Waals surface area contributed by atoms with Crippen molar-refractivity contribution in [3.63, 3.8) is 0 Å². The van der Waals surface area contributed by atoms with Crippen molar-refractivity contribution in [2.75, 3.05) is 0 Å². The van der Waals surface area contributed by atoms with E-state index < -0.39 is 0 Å². The fourth-order valence-electron chi connectivity index (χ4n) is 2.41. The van der Waals surface area contributed by atoms with Gasteiger partial charge in [-0.3, -0.25) is 0 Å². The summed E-state index contributed by atoms with van der Waals surface area (Å²) in [6, 6.07) is 3.25. The molecule has 0 aromatic carbocycles. The molecule has 0 aromatic heterocycles. The van der Waals surface area contributed by atoms with E-state index in [4.69, 9.17) is 5.26 Å². The molecule has 1 saturated carbocycles. The van der Waals surface area contributed by atoms with Gasteiger partial charge < -0.3 is 5.32 Å². The molecule has 14 heavy (non-hydrogen) atoms. The number of nitrogens with zero attached hydrogens (tertiary/aromatic N) is 1. The van der Waals surface area contributed by atoms with Gasteiger partial charge in [-0.2, -0.15) is 5.26 Å². The van der Waals surface area contributed by atoms with Crippen molar-refractivity contribution in [1.29, 1.82) is 5.26 Å². The SMILES string of the molecule is CCC1CCCC(NC(C)CC#N)C1. The van der Waals surface area contributed by atoms with Gasteiger partial charge in [0.1, 0.15) is 0 Å². The Morgan fingerprint density at radius 1 is 1.50 bits per heavy atom. The van der Waals surface area contributed by atoms with Crippen LogP contribution < -0.4 is 5.32 Å². The quantitative estimate of drug-likeness (QED) is 0.747. The highest BCUT2D eigenvalue weighted by Crippen LogP contribution is 2.26. The van der Waals surface area contributed by atoms with Gasteiger partial charge in [-0.1, -0.05) is 26.2 Å². The van der Waals surface area contributed by atoms with E-state index in [9.17, 15) is 0 Å². The summed E-state index contributed by atoms with van der Waals surface area (Å²) in [6.45, 7) is 4.39. The minimum atomic E-state index is 0.362. The van der Waals surface area contributed by atoms with Gasteiger partial charge in [-0.25, -0.2) is 0 Å². The average Bonchev–Trinajstić information content (AvgIpc) is 2.18. The van der Waals surface area contributed by atoms with Gasteiger partial charge in [0, 0.05) is 12.1 Å². The third-order valence-corrected chi connectivity index (χ3v) is 3.28. The molecule has 1 rings (SSSR count). The van der Waals surface area contributed by atoms with Gasteiger partial charge in [0.05, 0.1) is 12.5 Å². The van der Waals surface area contributed by atoms with Crippen LogP contribution in [0.2, 0.25) is 0 Å². The number of hydrogen-bond acceptors (Lipinski definition) is 2. The maximum Gasteiger partial charge on any atom is 0.0638 e. The minimum absolute atomic E-state index is 0.362. The zero-order chi connectivity index (χ0) is 10.4. The van der Waals surface area contributed by atoms with Crippen molar-refractivity contribution in [2.24, 2.45) is 5.92 Å². The van der Waals surface area contributed by atoms with Crippen LogP contribution in [0.4, 0.5) is 0 Å². The summed E-state index contributed by atoms with van der Waals surface area (Å²) in [5, 5.41) is 12.1. The van der Waals surface area contributed by atoms with Crippen LogP contribution >= 0.6 is 0 Å². The highest BCUT2D eigenvalue weighted by Gasteiger charge is 2.21. The van der Waals surface area contributed by atoms with Crippen LogP contribution in [0.5, 0.6) is 0 Å². The predicted molar refractivity (Wildman–Crippen MR) is 58.9 cm³/mol. The predicted octanol–water partition coefficient (Wildman–Crippen LogP) is 2.85. The first-order valence-electron chi connectivity index (χ1n) is 5.89. The zero-order valence-electron chi connectivity index (χ0n) is 9.42. The Balaban J connectivity index is 2.27. The van der Waals surface area contributed by atoms with Crippen LogP contribution in [0.15, 0.2) is 0 Å². The third kappa shape index (κ3) is 3.67. The molecule has 0 amide bonds. The molecule has 2 nitrogen and oxygen atoms in total. The van der Waals surface area contributed by atoms with Crippen LogP contribution in [-0.2, 0) is 0 Å². The Morgan fingerprint density at radius 2 is 2.29 bits per heavy atom. The monoisotopic (exact) mass is 194 g/mol. The topological polar surface area (TPSA) is 35.8 Å². The van der Waals surface area contributed by atoms with E-state index >= 15 is 0 Å². The Labute approximate surface area is 87.7 Å². The lowest BCUT2D eigenvalue weighted by molar-refractivity contribution is 0.266. The zero-order valence-corrected chi connectivity index (χ0v) is 9.42. The largest absolute Gasteiger partial charge is 0.310 e. The lowest BCUT2D eigenvalue weighted by Gasteiger charge is -2.30. The van der Waals surface area contributed by atoms with E-state index in [2.05, 4.69) is 25.2 Å². The Kier molecular flexibility index (Phi) is 4.97. The van der Waals surface area contributed by atoms with Gasteiger partial charge in [0.15, 0.2) is 0 Å². The van der Waals surface area contributed by atoms with Crippen molar-refractivity contribution in [2.45, 2.75) is 64.5 Å². The molecule has 0 heterocycles. The molecular weight excluding hydrogens is 172 g/mol. The first-order valence-corrected chi connectivity index (χ1v) is 5.89. The maximum absolute atomic E-state index is 8.57. The molecule has 0 aromatic rings. The van der Waals surface area contributed by atoms with Crippen molar-refractivity contribution in [1.82, 2.24) is 5.32 Å². The molecule has 0 radical (unpaired) electrons. The molecule has 2 heteroatoms. The van der Waals surface area contributed by atoms with Crippen LogP contribution in [0, 0.1) is 17.2 Å². The third-order valence-electron chi connectivity index (χ3n) is 3.28. The molecule has 1 aliphatic rings. The Hall–Kier alpha value is -0.550. The Bertz CT molecular complexity index is 195. The second kappa shape index (κ2) is 6.03. The van der Waals surface area contributed by atoms with Gasteiger partial charge in [0.25, 0.3) is 0 Å². The van der Waals surface area contributed by atoms with Gasteiger partial charge >= 0.3 is 0 Å². The van der Waals surface area contributed by atoms with Gasteiger partial charge in [-0.15, -0.1) is 0 Å². The smallest absolute Gasteiger partial charge is 0.0638 e. The molecule has 3 unspecified atom stereocenters. The van der Waals surface area contributed by atoms with Crippen LogP contribution in [0.3, 0.4) is 0 Å². The number of rotatable bonds is 4. The standard InChI is InChI=1S/C12H22N2/c1-3-11-5-4-6-12(9-11)14-10(2)7-8-13/h10-12,14H,3-7,9H2,1-2H3. The second-order valence-corrected chi connectivity index (χ2v) is 4.57. The summed E-state index contributed by atoms with van der Waals surface area (Å²) in [5.74, 6) is 0.913. The molecule has 3 atom stereocenters.